The number of anilines is 3. The second-order valence-corrected chi connectivity index (χ2v) is 6.03. The van der Waals surface area contributed by atoms with Gasteiger partial charge in [-0.25, -0.2) is 9.37 Å². The molecule has 8 heteroatoms. The number of fused-ring (bicyclic) bond motifs is 2. The average molecular weight is 357 g/mol. The molecular weight excluding hydrogens is 337 g/mol. The Bertz CT molecular complexity index is 956. The number of aryl methyl sites for hydroxylation is 1. The molecule has 2 aromatic heterocycles. The maximum atomic E-state index is 13.9. The standard InChI is InChI=1S/C18H20FN5O2/c1-3-4-11-10-21-24-16(20-2)9-15(23-18(11)24)22-13-7-12(19)8-14-17(13)26-6-5-25-14/h7-10,20H,3-6H2,1-2H3,(H,22,23). The lowest BCUT2D eigenvalue weighted by atomic mass is 10.2. The predicted molar refractivity (Wildman–Crippen MR) is 97.2 cm³/mol. The zero-order valence-corrected chi connectivity index (χ0v) is 14.7. The van der Waals surface area contributed by atoms with Crippen molar-refractivity contribution in [2.24, 2.45) is 0 Å². The molecule has 3 heterocycles. The van der Waals surface area contributed by atoms with Crippen LogP contribution in [0.2, 0.25) is 0 Å². The quantitative estimate of drug-likeness (QED) is 0.729. The molecule has 0 fully saturated rings. The molecule has 3 aromatic rings. The fourth-order valence-corrected chi connectivity index (χ4v) is 3.05. The van der Waals surface area contributed by atoms with E-state index in [1.54, 1.807) is 4.52 Å². The minimum atomic E-state index is -0.400. The summed E-state index contributed by atoms with van der Waals surface area (Å²) >= 11 is 0. The highest BCUT2D eigenvalue weighted by molar-refractivity contribution is 5.71. The number of halogens is 1. The van der Waals surface area contributed by atoms with Crippen LogP contribution in [0.1, 0.15) is 18.9 Å². The van der Waals surface area contributed by atoms with Crippen molar-refractivity contribution in [3.05, 3.63) is 35.8 Å². The molecule has 136 valence electrons. The fraction of sp³-hybridized carbons (Fsp3) is 0.333. The monoisotopic (exact) mass is 357 g/mol. The molecule has 2 N–H and O–H groups in total. The molecule has 0 radical (unpaired) electrons. The first-order valence-corrected chi connectivity index (χ1v) is 8.61. The Hall–Kier alpha value is -3.03. The number of hydrogen-bond acceptors (Lipinski definition) is 6. The van der Waals surface area contributed by atoms with E-state index in [0.717, 1.165) is 29.9 Å². The van der Waals surface area contributed by atoms with Gasteiger partial charge < -0.3 is 20.1 Å². The van der Waals surface area contributed by atoms with E-state index in [0.29, 0.717) is 36.2 Å². The Morgan fingerprint density at radius 3 is 2.88 bits per heavy atom. The number of rotatable bonds is 5. The van der Waals surface area contributed by atoms with E-state index in [-0.39, 0.29) is 0 Å². The van der Waals surface area contributed by atoms with Gasteiger partial charge in [0, 0.05) is 30.8 Å². The molecule has 1 aromatic carbocycles. The van der Waals surface area contributed by atoms with Crippen LogP contribution in [0, 0.1) is 5.82 Å². The van der Waals surface area contributed by atoms with Gasteiger partial charge in [-0.1, -0.05) is 13.3 Å². The second-order valence-electron chi connectivity index (χ2n) is 6.03. The molecular formula is C18H20FN5O2. The van der Waals surface area contributed by atoms with Gasteiger partial charge in [-0.15, -0.1) is 0 Å². The summed E-state index contributed by atoms with van der Waals surface area (Å²) in [5.74, 6) is 1.84. The van der Waals surface area contributed by atoms with Gasteiger partial charge in [0.25, 0.3) is 0 Å². The summed E-state index contributed by atoms with van der Waals surface area (Å²) in [6, 6.07) is 4.52. The van der Waals surface area contributed by atoms with Crippen LogP contribution in [0.15, 0.2) is 24.4 Å². The third-order valence-electron chi connectivity index (χ3n) is 4.19. The van der Waals surface area contributed by atoms with Crippen molar-refractivity contribution in [3.63, 3.8) is 0 Å². The van der Waals surface area contributed by atoms with E-state index in [1.807, 2.05) is 19.3 Å². The molecule has 0 amide bonds. The number of aromatic nitrogens is 3. The molecule has 1 aliphatic rings. The third-order valence-corrected chi connectivity index (χ3v) is 4.19. The molecule has 0 bridgehead atoms. The summed E-state index contributed by atoms with van der Waals surface area (Å²) in [6.45, 7) is 2.94. The molecule has 0 unspecified atom stereocenters. The number of nitrogens with one attached hydrogen (secondary N) is 2. The van der Waals surface area contributed by atoms with Gasteiger partial charge >= 0.3 is 0 Å². The lowest BCUT2D eigenvalue weighted by Crippen LogP contribution is -2.16. The van der Waals surface area contributed by atoms with Crippen molar-refractivity contribution in [3.8, 4) is 11.5 Å². The lowest BCUT2D eigenvalue weighted by Gasteiger charge is -2.21. The van der Waals surface area contributed by atoms with Crippen molar-refractivity contribution in [2.45, 2.75) is 19.8 Å². The first kappa shape index (κ1) is 16.4. The van der Waals surface area contributed by atoms with Crippen LogP contribution in [-0.4, -0.2) is 34.9 Å². The van der Waals surface area contributed by atoms with Crippen molar-refractivity contribution < 1.29 is 13.9 Å². The van der Waals surface area contributed by atoms with Crippen LogP contribution >= 0.6 is 0 Å². The predicted octanol–water partition coefficient (Wildman–Crippen LogP) is 3.38. The first-order chi connectivity index (χ1) is 12.7. The Morgan fingerprint density at radius 1 is 1.23 bits per heavy atom. The molecule has 1 aliphatic heterocycles. The number of ether oxygens (including phenoxy) is 2. The average Bonchev–Trinajstić information content (AvgIpc) is 3.04. The van der Waals surface area contributed by atoms with Crippen molar-refractivity contribution in [1.29, 1.82) is 0 Å². The maximum absolute atomic E-state index is 13.9. The number of benzene rings is 1. The van der Waals surface area contributed by atoms with Gasteiger partial charge in [-0.3, -0.25) is 0 Å². The smallest absolute Gasteiger partial charge is 0.185 e. The normalized spacial score (nSPS) is 13.0. The SMILES string of the molecule is CCCc1cnn2c(NC)cc(Nc3cc(F)cc4c3OCCO4)nc12. The van der Waals surface area contributed by atoms with E-state index in [1.165, 1.54) is 12.1 Å². The van der Waals surface area contributed by atoms with Crippen LogP contribution in [0.3, 0.4) is 0 Å². The largest absolute Gasteiger partial charge is 0.486 e. The molecule has 0 atom stereocenters. The van der Waals surface area contributed by atoms with E-state index in [4.69, 9.17) is 9.47 Å². The van der Waals surface area contributed by atoms with Crippen LogP contribution in [0.5, 0.6) is 11.5 Å². The van der Waals surface area contributed by atoms with Crippen molar-refractivity contribution in [2.75, 3.05) is 30.9 Å². The van der Waals surface area contributed by atoms with Crippen molar-refractivity contribution in [1.82, 2.24) is 14.6 Å². The molecule has 0 spiro atoms. The summed E-state index contributed by atoms with van der Waals surface area (Å²) < 4.78 is 26.9. The zero-order chi connectivity index (χ0) is 18.1. The molecule has 0 aliphatic carbocycles. The number of nitrogens with zero attached hydrogens (tertiary/aromatic N) is 3. The van der Waals surface area contributed by atoms with Gasteiger partial charge in [0.2, 0.25) is 0 Å². The van der Waals surface area contributed by atoms with Crippen molar-refractivity contribution >= 4 is 23.0 Å². The van der Waals surface area contributed by atoms with Gasteiger partial charge in [-0.2, -0.15) is 9.61 Å². The molecule has 0 saturated carbocycles. The van der Waals surface area contributed by atoms with Crippen LogP contribution in [0.25, 0.3) is 5.65 Å². The minimum Gasteiger partial charge on any atom is -0.486 e. The van der Waals surface area contributed by atoms with Gasteiger partial charge in [-0.05, 0) is 6.42 Å². The molecule has 0 saturated heterocycles. The first-order valence-electron chi connectivity index (χ1n) is 8.61. The van der Waals surface area contributed by atoms with Crippen LogP contribution in [0.4, 0.5) is 21.7 Å². The lowest BCUT2D eigenvalue weighted by molar-refractivity contribution is 0.172. The second kappa shape index (κ2) is 6.70. The van der Waals surface area contributed by atoms with Crippen LogP contribution in [-0.2, 0) is 6.42 Å². The van der Waals surface area contributed by atoms with Gasteiger partial charge in [0.15, 0.2) is 17.1 Å². The van der Waals surface area contributed by atoms with Crippen LogP contribution < -0.4 is 20.1 Å². The maximum Gasteiger partial charge on any atom is 0.185 e. The summed E-state index contributed by atoms with van der Waals surface area (Å²) in [7, 11) is 1.82. The van der Waals surface area contributed by atoms with E-state index in [9.17, 15) is 4.39 Å². The minimum absolute atomic E-state index is 0.393. The highest BCUT2D eigenvalue weighted by Crippen LogP contribution is 2.39. The molecule has 7 nitrogen and oxygen atoms in total. The van der Waals surface area contributed by atoms with Gasteiger partial charge in [0.1, 0.15) is 30.7 Å². The number of hydrogen-bond donors (Lipinski definition) is 2. The van der Waals surface area contributed by atoms with Gasteiger partial charge in [0.05, 0.1) is 11.9 Å². The summed E-state index contributed by atoms with van der Waals surface area (Å²) in [5, 5.41) is 10.7. The Morgan fingerprint density at radius 2 is 2.08 bits per heavy atom. The fourth-order valence-electron chi connectivity index (χ4n) is 3.05. The molecule has 4 rings (SSSR count). The summed E-state index contributed by atoms with van der Waals surface area (Å²) in [5.41, 5.74) is 2.31. The highest BCUT2D eigenvalue weighted by Gasteiger charge is 2.19. The Labute approximate surface area is 150 Å². The summed E-state index contributed by atoms with van der Waals surface area (Å²) in [6.07, 6.45) is 3.71. The van der Waals surface area contributed by atoms with E-state index < -0.39 is 5.82 Å². The highest BCUT2D eigenvalue weighted by atomic mass is 19.1. The molecule has 26 heavy (non-hydrogen) atoms. The van der Waals surface area contributed by atoms with E-state index >= 15 is 0 Å². The Balaban J connectivity index is 1.78. The topological polar surface area (TPSA) is 72.7 Å². The Kier molecular flexibility index (Phi) is 4.24. The third kappa shape index (κ3) is 2.87. The summed E-state index contributed by atoms with van der Waals surface area (Å²) in [4.78, 5) is 4.67. The zero-order valence-electron chi connectivity index (χ0n) is 14.7. The van der Waals surface area contributed by atoms with E-state index in [2.05, 4.69) is 27.6 Å².